The van der Waals surface area contributed by atoms with E-state index in [0.717, 1.165) is 0 Å². The van der Waals surface area contributed by atoms with Crippen LogP contribution in [-0.2, 0) is 7.42 Å². The van der Waals surface area contributed by atoms with Crippen LogP contribution in [-0.4, -0.2) is 3.44 Å². The summed E-state index contributed by atoms with van der Waals surface area (Å²) in [5.74, 6) is 0.680. The average molecular weight is 476 g/mol. The van der Waals surface area contributed by atoms with E-state index in [2.05, 4.69) is 0 Å². The van der Waals surface area contributed by atoms with E-state index in [1.165, 1.54) is 11.3 Å². The van der Waals surface area contributed by atoms with Gasteiger partial charge in [-0.05, 0) is 0 Å². The SMILES string of the molecule is O=P(Oc1ccccc1)(Oc1ccccc1)OI(O)c1cccs1. The minimum atomic E-state index is -4.03. The molecule has 3 aromatic rings. The van der Waals surface area contributed by atoms with Crippen molar-refractivity contribution in [3.05, 3.63) is 81.1 Å². The Labute approximate surface area is 151 Å². The van der Waals surface area contributed by atoms with Gasteiger partial charge in [0.1, 0.15) is 0 Å². The van der Waals surface area contributed by atoms with Crippen LogP contribution in [0, 0.1) is 2.88 Å². The number of para-hydroxylation sites is 2. The number of halogens is 1. The van der Waals surface area contributed by atoms with Crippen LogP contribution in [0.25, 0.3) is 0 Å². The molecule has 24 heavy (non-hydrogen) atoms. The molecule has 0 aliphatic carbocycles. The summed E-state index contributed by atoms with van der Waals surface area (Å²) in [7, 11) is -4.03. The summed E-state index contributed by atoms with van der Waals surface area (Å²) >= 11 is -1.76. The van der Waals surface area contributed by atoms with Gasteiger partial charge in [-0.15, -0.1) is 0 Å². The molecule has 0 unspecified atom stereocenters. The standard InChI is InChI=1S/C16H14IO5PS/c18-17(16-12-7-13-24-16)22-23(19,20-14-8-3-1-4-9-14)21-15-10-5-2-6-11-15/h1-13,18H. The zero-order valence-corrected chi connectivity index (χ0v) is 16.2. The molecule has 0 fully saturated rings. The fourth-order valence-corrected chi connectivity index (χ4v) is 7.95. The Morgan fingerprint density at radius 2 is 1.38 bits per heavy atom. The summed E-state index contributed by atoms with van der Waals surface area (Å²) in [4.78, 5) is 0. The molecule has 0 radical (unpaired) electrons. The molecule has 0 saturated carbocycles. The van der Waals surface area contributed by atoms with Crippen molar-refractivity contribution >= 4 is 39.8 Å². The third-order valence-electron chi connectivity index (χ3n) is 2.72. The van der Waals surface area contributed by atoms with Gasteiger partial charge in [0.05, 0.1) is 0 Å². The van der Waals surface area contributed by atoms with Crippen molar-refractivity contribution in [1.29, 1.82) is 0 Å². The monoisotopic (exact) mass is 476 g/mol. The Hall–Kier alpha value is -1.38. The second-order valence-electron chi connectivity index (χ2n) is 4.47. The fraction of sp³-hybridized carbons (Fsp3) is 0. The summed E-state index contributed by atoms with van der Waals surface area (Å²) in [6.07, 6.45) is 0. The summed E-state index contributed by atoms with van der Waals surface area (Å²) in [6.45, 7) is 0. The van der Waals surface area contributed by atoms with Gasteiger partial charge < -0.3 is 0 Å². The normalized spacial score (nSPS) is 11.8. The fourth-order valence-electron chi connectivity index (χ4n) is 1.73. The quantitative estimate of drug-likeness (QED) is 0.359. The van der Waals surface area contributed by atoms with Crippen molar-refractivity contribution in [1.82, 2.24) is 0 Å². The van der Waals surface area contributed by atoms with Crippen molar-refractivity contribution < 1.29 is 19.9 Å². The van der Waals surface area contributed by atoms with E-state index >= 15 is 0 Å². The summed E-state index contributed by atoms with van der Waals surface area (Å²) in [5, 5.41) is 1.82. The molecule has 0 saturated heterocycles. The van der Waals surface area contributed by atoms with Crippen molar-refractivity contribution in [2.45, 2.75) is 0 Å². The first-order valence-electron chi connectivity index (χ1n) is 6.87. The van der Waals surface area contributed by atoms with Crippen molar-refractivity contribution in [3.8, 4) is 11.5 Å². The number of rotatable bonds is 7. The Kier molecular flexibility index (Phi) is 5.91. The number of phosphoric acid groups is 1. The Bertz CT molecular complexity index is 752. The van der Waals surface area contributed by atoms with E-state index < -0.39 is 28.5 Å². The van der Waals surface area contributed by atoms with Crippen LogP contribution in [0.15, 0.2) is 78.2 Å². The van der Waals surface area contributed by atoms with Crippen LogP contribution in [0.5, 0.6) is 11.5 Å². The van der Waals surface area contributed by atoms with Gasteiger partial charge in [0, 0.05) is 0 Å². The first-order chi connectivity index (χ1) is 11.6. The second kappa shape index (κ2) is 8.13. The zero-order valence-electron chi connectivity index (χ0n) is 12.3. The van der Waals surface area contributed by atoms with Gasteiger partial charge >= 0.3 is 152 Å². The van der Waals surface area contributed by atoms with Crippen LogP contribution in [0.2, 0.25) is 0 Å². The van der Waals surface area contributed by atoms with Crippen LogP contribution in [0.3, 0.4) is 0 Å². The molecular weight excluding hydrogens is 462 g/mol. The van der Waals surface area contributed by atoms with E-state index in [1.54, 1.807) is 60.7 Å². The maximum absolute atomic E-state index is 13.1. The van der Waals surface area contributed by atoms with Gasteiger partial charge in [-0.25, -0.2) is 0 Å². The molecule has 0 atom stereocenters. The summed E-state index contributed by atoms with van der Waals surface area (Å²) in [6, 6.07) is 20.7. The Morgan fingerprint density at radius 1 is 0.833 bits per heavy atom. The maximum atomic E-state index is 13.1. The number of hydrogen-bond donors (Lipinski definition) is 1. The molecule has 2 aromatic carbocycles. The Morgan fingerprint density at radius 3 is 1.83 bits per heavy atom. The molecule has 3 rings (SSSR count). The number of thiophene rings is 1. The van der Waals surface area contributed by atoms with Crippen LogP contribution < -0.4 is 9.05 Å². The third kappa shape index (κ3) is 4.81. The molecular formula is C16H14IO5PS. The van der Waals surface area contributed by atoms with E-state index in [1.807, 2.05) is 17.5 Å². The first-order valence-corrected chi connectivity index (χ1v) is 12.1. The Balaban J connectivity index is 1.83. The molecule has 8 heteroatoms. The van der Waals surface area contributed by atoms with E-state index in [9.17, 15) is 8.00 Å². The van der Waals surface area contributed by atoms with Crippen LogP contribution in [0.1, 0.15) is 0 Å². The van der Waals surface area contributed by atoms with Gasteiger partial charge in [0.25, 0.3) is 0 Å². The van der Waals surface area contributed by atoms with Crippen molar-refractivity contribution in [3.63, 3.8) is 0 Å². The van der Waals surface area contributed by atoms with Gasteiger partial charge in [-0.3, -0.25) is 0 Å². The predicted molar refractivity (Wildman–Crippen MR) is 102 cm³/mol. The first kappa shape index (κ1) is 17.4. The molecule has 5 nitrogen and oxygen atoms in total. The summed E-state index contributed by atoms with van der Waals surface area (Å²) in [5.41, 5.74) is 0. The number of benzene rings is 2. The number of phosphoric ester groups is 1. The molecule has 0 aliphatic heterocycles. The molecule has 0 amide bonds. The van der Waals surface area contributed by atoms with Gasteiger partial charge in [0.2, 0.25) is 0 Å². The van der Waals surface area contributed by atoms with E-state index in [-0.39, 0.29) is 0 Å². The molecule has 1 N–H and O–H groups in total. The van der Waals surface area contributed by atoms with Gasteiger partial charge in [0.15, 0.2) is 0 Å². The summed E-state index contributed by atoms with van der Waals surface area (Å²) < 4.78 is 40.4. The zero-order chi connectivity index (χ0) is 16.8. The number of hydrogen-bond acceptors (Lipinski definition) is 6. The average Bonchev–Trinajstić information content (AvgIpc) is 3.11. The van der Waals surface area contributed by atoms with E-state index in [0.29, 0.717) is 14.4 Å². The minimum absolute atomic E-state index is 0.340. The van der Waals surface area contributed by atoms with Gasteiger partial charge in [-0.2, -0.15) is 0 Å². The van der Waals surface area contributed by atoms with Crippen LogP contribution in [0.4, 0.5) is 0 Å². The molecule has 0 aliphatic rings. The van der Waals surface area contributed by atoms with E-state index in [4.69, 9.17) is 11.9 Å². The molecule has 1 aromatic heterocycles. The molecule has 126 valence electrons. The van der Waals surface area contributed by atoms with Crippen LogP contribution >= 0.6 is 39.8 Å². The third-order valence-corrected chi connectivity index (χ3v) is 10.0. The van der Waals surface area contributed by atoms with Gasteiger partial charge in [-0.1, -0.05) is 0 Å². The molecule has 0 bridgehead atoms. The second-order valence-corrected chi connectivity index (χ2v) is 11.2. The van der Waals surface area contributed by atoms with Crippen molar-refractivity contribution in [2.24, 2.45) is 0 Å². The predicted octanol–water partition coefficient (Wildman–Crippen LogP) is 5.53. The van der Waals surface area contributed by atoms with Crippen molar-refractivity contribution in [2.75, 3.05) is 0 Å². The molecule has 1 heterocycles. The topological polar surface area (TPSA) is 65.0 Å². The molecule has 0 spiro atoms.